The highest BCUT2D eigenvalue weighted by Crippen LogP contribution is 2.28. The van der Waals surface area contributed by atoms with Crippen molar-refractivity contribution in [3.63, 3.8) is 0 Å². The van der Waals surface area contributed by atoms with Crippen molar-refractivity contribution in [3.8, 4) is 0 Å². The summed E-state index contributed by atoms with van der Waals surface area (Å²) in [6.45, 7) is 0. The molecule has 0 saturated carbocycles. The van der Waals surface area contributed by atoms with Gasteiger partial charge >= 0.3 is 0 Å². The number of nitrogens with zero attached hydrogens (tertiary/aromatic N) is 1. The molecule has 2 aromatic rings. The van der Waals surface area contributed by atoms with Crippen molar-refractivity contribution in [2.24, 2.45) is 0 Å². The summed E-state index contributed by atoms with van der Waals surface area (Å²) in [5.74, 6) is 0.150. The van der Waals surface area contributed by atoms with Crippen molar-refractivity contribution in [2.75, 3.05) is 0 Å². The predicted octanol–water partition coefficient (Wildman–Crippen LogP) is 4.21. The number of non-ortho nitro benzene ring substituents is 1. The van der Waals surface area contributed by atoms with Crippen molar-refractivity contribution >= 4 is 23.1 Å². The van der Waals surface area contributed by atoms with Gasteiger partial charge in [-0.15, -0.1) is 0 Å². The van der Waals surface area contributed by atoms with Gasteiger partial charge in [-0.05, 0) is 35.2 Å². The number of carbonyl (C=O) groups is 1. The summed E-state index contributed by atoms with van der Waals surface area (Å²) in [6.07, 6.45) is 6.80. The lowest BCUT2D eigenvalue weighted by atomic mass is 9.86. The third-order valence-corrected chi connectivity index (χ3v) is 3.88. The molecule has 0 aromatic heterocycles. The summed E-state index contributed by atoms with van der Waals surface area (Å²) in [7, 11) is 0. The maximum Gasteiger partial charge on any atom is 0.269 e. The summed E-state index contributed by atoms with van der Waals surface area (Å²) in [4.78, 5) is 22.3. The van der Waals surface area contributed by atoms with Gasteiger partial charge in [0.2, 0.25) is 0 Å². The average molecular weight is 305 g/mol. The van der Waals surface area contributed by atoms with E-state index in [1.165, 1.54) is 17.7 Å². The Morgan fingerprint density at radius 1 is 1.00 bits per heavy atom. The van der Waals surface area contributed by atoms with Gasteiger partial charge in [-0.3, -0.25) is 14.9 Å². The molecule has 1 aliphatic rings. The number of benzene rings is 2. The fraction of sp³-hybridized carbons (Fsp3) is 0.105. The number of hydrogen-bond donors (Lipinski definition) is 0. The van der Waals surface area contributed by atoms with Crippen LogP contribution in [0.4, 0.5) is 5.69 Å². The Balaban J connectivity index is 1.84. The van der Waals surface area contributed by atoms with Crippen molar-refractivity contribution < 1.29 is 9.72 Å². The van der Waals surface area contributed by atoms with Crippen LogP contribution in [-0.2, 0) is 11.2 Å². The van der Waals surface area contributed by atoms with Gasteiger partial charge < -0.3 is 0 Å². The summed E-state index contributed by atoms with van der Waals surface area (Å²) in [6, 6.07) is 14.2. The second-order valence-electron chi connectivity index (χ2n) is 5.37. The zero-order chi connectivity index (χ0) is 16.2. The lowest BCUT2D eigenvalue weighted by Gasteiger charge is -2.17. The zero-order valence-corrected chi connectivity index (χ0v) is 12.4. The number of carbonyl (C=O) groups excluding carboxylic acids is 1. The van der Waals surface area contributed by atoms with E-state index >= 15 is 0 Å². The molecule has 0 bridgehead atoms. The quantitative estimate of drug-likeness (QED) is 0.485. The van der Waals surface area contributed by atoms with Gasteiger partial charge in [0.1, 0.15) is 0 Å². The van der Waals surface area contributed by atoms with Crippen LogP contribution >= 0.6 is 0 Å². The van der Waals surface area contributed by atoms with Crippen molar-refractivity contribution in [1.82, 2.24) is 0 Å². The SMILES string of the molecule is O=C1CCc2ccccc2/C1=C\C=C\c1ccc([N+](=O)[O-])cc1. The van der Waals surface area contributed by atoms with E-state index in [4.69, 9.17) is 0 Å². The molecule has 0 radical (unpaired) electrons. The van der Waals surface area contributed by atoms with Crippen LogP contribution in [-0.4, -0.2) is 10.7 Å². The maximum absolute atomic E-state index is 12.1. The molecule has 0 heterocycles. The summed E-state index contributed by atoms with van der Waals surface area (Å²) < 4.78 is 0. The lowest BCUT2D eigenvalue weighted by Crippen LogP contribution is -2.11. The fourth-order valence-electron chi connectivity index (χ4n) is 2.68. The topological polar surface area (TPSA) is 60.2 Å². The first-order valence-corrected chi connectivity index (χ1v) is 7.39. The highest BCUT2D eigenvalue weighted by atomic mass is 16.6. The molecule has 4 nitrogen and oxygen atoms in total. The van der Waals surface area contributed by atoms with Crippen LogP contribution in [0.5, 0.6) is 0 Å². The molecule has 0 atom stereocenters. The van der Waals surface area contributed by atoms with Crippen LogP contribution < -0.4 is 0 Å². The van der Waals surface area contributed by atoms with Crippen LogP contribution in [0.1, 0.15) is 23.1 Å². The van der Waals surface area contributed by atoms with Crippen LogP contribution in [0.3, 0.4) is 0 Å². The van der Waals surface area contributed by atoms with E-state index in [0.29, 0.717) is 6.42 Å². The largest absolute Gasteiger partial charge is 0.294 e. The first kappa shape index (κ1) is 14.9. The normalized spacial score (nSPS) is 15.8. The molecule has 0 amide bonds. The lowest BCUT2D eigenvalue weighted by molar-refractivity contribution is -0.384. The molecule has 0 unspecified atom stereocenters. The third kappa shape index (κ3) is 3.26. The monoisotopic (exact) mass is 305 g/mol. The Morgan fingerprint density at radius 2 is 1.74 bits per heavy atom. The third-order valence-electron chi connectivity index (χ3n) is 3.88. The van der Waals surface area contributed by atoms with Gasteiger partial charge in [0.25, 0.3) is 5.69 Å². The van der Waals surface area contributed by atoms with Gasteiger partial charge in [0, 0.05) is 24.1 Å². The molecule has 114 valence electrons. The Hall–Kier alpha value is -3.01. The standard InChI is InChI=1S/C19H15NO3/c21-19-13-10-15-5-1-2-6-17(15)18(19)7-3-4-14-8-11-16(12-9-14)20(22)23/h1-9,11-12H,10,13H2/b4-3+,18-7+. The molecule has 4 heteroatoms. The van der Waals surface area contributed by atoms with Gasteiger partial charge in [-0.25, -0.2) is 0 Å². The van der Waals surface area contributed by atoms with E-state index in [1.54, 1.807) is 12.1 Å². The van der Waals surface area contributed by atoms with Gasteiger partial charge in [0.15, 0.2) is 5.78 Å². The second-order valence-corrected chi connectivity index (χ2v) is 5.37. The smallest absolute Gasteiger partial charge is 0.269 e. The minimum atomic E-state index is -0.424. The highest BCUT2D eigenvalue weighted by molar-refractivity contribution is 6.22. The van der Waals surface area contributed by atoms with Crippen LogP contribution in [0.15, 0.2) is 60.7 Å². The molecular weight excluding hydrogens is 290 g/mol. The molecule has 3 rings (SSSR count). The molecule has 1 aliphatic carbocycles. The first-order chi connectivity index (χ1) is 11.1. The van der Waals surface area contributed by atoms with Crippen LogP contribution in [0.2, 0.25) is 0 Å². The van der Waals surface area contributed by atoms with Crippen molar-refractivity contribution in [1.29, 1.82) is 0 Å². The van der Waals surface area contributed by atoms with E-state index in [0.717, 1.165) is 23.1 Å². The van der Waals surface area contributed by atoms with Gasteiger partial charge in [0.05, 0.1) is 4.92 Å². The molecule has 0 saturated heterocycles. The van der Waals surface area contributed by atoms with E-state index in [9.17, 15) is 14.9 Å². The number of allylic oxidation sites excluding steroid dienone is 3. The van der Waals surface area contributed by atoms with E-state index in [1.807, 2.05) is 36.4 Å². The summed E-state index contributed by atoms with van der Waals surface area (Å²) in [5.41, 5.74) is 3.84. The molecular formula is C19H15NO3. The number of nitro groups is 1. The molecule has 23 heavy (non-hydrogen) atoms. The molecule has 0 spiro atoms. The number of Topliss-reactive ketones (excluding diaryl/α,β-unsaturated/α-hetero) is 1. The minimum absolute atomic E-state index is 0.0666. The first-order valence-electron chi connectivity index (χ1n) is 7.39. The van der Waals surface area contributed by atoms with E-state index < -0.39 is 4.92 Å². The van der Waals surface area contributed by atoms with E-state index in [-0.39, 0.29) is 11.5 Å². The summed E-state index contributed by atoms with van der Waals surface area (Å²) >= 11 is 0. The number of rotatable bonds is 3. The average Bonchev–Trinajstić information content (AvgIpc) is 2.57. The molecule has 0 fully saturated rings. The Bertz CT molecular complexity index is 817. The maximum atomic E-state index is 12.1. The van der Waals surface area contributed by atoms with Crippen molar-refractivity contribution in [3.05, 3.63) is 87.5 Å². The Morgan fingerprint density at radius 3 is 2.48 bits per heavy atom. The number of fused-ring (bicyclic) bond motifs is 1. The van der Waals surface area contributed by atoms with Crippen LogP contribution in [0, 0.1) is 10.1 Å². The summed E-state index contributed by atoms with van der Waals surface area (Å²) in [5, 5.41) is 10.6. The number of nitro benzene ring substituents is 1. The van der Waals surface area contributed by atoms with Crippen LogP contribution in [0.25, 0.3) is 11.6 Å². The predicted molar refractivity (Wildman–Crippen MR) is 89.9 cm³/mol. The fourth-order valence-corrected chi connectivity index (χ4v) is 2.68. The Labute approximate surface area is 133 Å². The van der Waals surface area contributed by atoms with E-state index in [2.05, 4.69) is 6.07 Å². The van der Waals surface area contributed by atoms with Gasteiger partial charge in [-0.2, -0.15) is 0 Å². The number of ketones is 1. The zero-order valence-electron chi connectivity index (χ0n) is 12.4. The molecule has 2 aromatic carbocycles. The number of hydrogen-bond acceptors (Lipinski definition) is 3. The second kappa shape index (κ2) is 6.40. The van der Waals surface area contributed by atoms with Crippen molar-refractivity contribution in [2.45, 2.75) is 12.8 Å². The minimum Gasteiger partial charge on any atom is -0.294 e. The van der Waals surface area contributed by atoms with Gasteiger partial charge in [-0.1, -0.05) is 42.5 Å². The molecule has 0 N–H and O–H groups in total. The number of aryl methyl sites for hydroxylation is 1. The molecule has 0 aliphatic heterocycles. The highest BCUT2D eigenvalue weighted by Gasteiger charge is 2.19. The Kier molecular flexibility index (Phi) is 4.15.